The van der Waals surface area contributed by atoms with Crippen molar-refractivity contribution in [2.24, 2.45) is 9.98 Å². The van der Waals surface area contributed by atoms with Crippen LogP contribution in [-0.2, 0) is 36.7 Å². The summed E-state index contributed by atoms with van der Waals surface area (Å²) in [6, 6.07) is 19.0. The average molecular weight is 681 g/mol. The van der Waals surface area contributed by atoms with E-state index in [0.29, 0.717) is 75.2 Å². The molecule has 2 heterocycles. The minimum absolute atomic E-state index is 0.458. The highest BCUT2D eigenvalue weighted by Crippen LogP contribution is 2.31. The van der Waals surface area contributed by atoms with Crippen molar-refractivity contribution >= 4 is 33.9 Å². The molecule has 0 radical (unpaired) electrons. The van der Waals surface area contributed by atoms with Crippen molar-refractivity contribution in [2.45, 2.75) is 36.7 Å². The number of aliphatic imine (C=N–C) groups is 2. The van der Waals surface area contributed by atoms with Gasteiger partial charge in [0, 0.05) is 24.6 Å². The van der Waals surface area contributed by atoms with E-state index in [1.165, 1.54) is 24.3 Å². The first-order valence-electron chi connectivity index (χ1n) is 14.7. The van der Waals surface area contributed by atoms with Crippen LogP contribution in [0.1, 0.15) is 33.4 Å². The molecule has 46 heavy (non-hydrogen) atoms. The van der Waals surface area contributed by atoms with E-state index >= 15 is 0 Å². The van der Waals surface area contributed by atoms with Gasteiger partial charge in [-0.3, -0.25) is 10.6 Å². The van der Waals surface area contributed by atoms with Gasteiger partial charge in [0.25, 0.3) is 0 Å². The number of hydrogen-bond acceptors (Lipinski definition) is 8. The van der Waals surface area contributed by atoms with E-state index in [9.17, 15) is 26.3 Å². The fourth-order valence-corrected chi connectivity index (χ4v) is 7.15. The molecule has 5 rings (SSSR count). The summed E-state index contributed by atoms with van der Waals surface area (Å²) in [5, 5.41) is 8.10. The summed E-state index contributed by atoms with van der Waals surface area (Å²) >= 11 is 3.20. The zero-order valence-corrected chi connectivity index (χ0v) is 26.5. The Labute approximate surface area is 272 Å². The van der Waals surface area contributed by atoms with Gasteiger partial charge in [0.2, 0.25) is 0 Å². The molecule has 0 atom stereocenters. The van der Waals surface area contributed by atoms with Gasteiger partial charge < -0.3 is 9.80 Å². The molecule has 2 aliphatic heterocycles. The summed E-state index contributed by atoms with van der Waals surface area (Å²) < 4.78 is 78.9. The number of amidine groups is 2. The Morgan fingerprint density at radius 3 is 1.46 bits per heavy atom. The second-order valence-corrected chi connectivity index (χ2v) is 12.7. The first-order valence-corrected chi connectivity index (χ1v) is 16.7. The van der Waals surface area contributed by atoms with Gasteiger partial charge in [0.1, 0.15) is 0 Å². The molecule has 0 aliphatic carbocycles. The van der Waals surface area contributed by atoms with Crippen LogP contribution in [0.5, 0.6) is 0 Å². The summed E-state index contributed by atoms with van der Waals surface area (Å²) in [6.07, 6.45) is -7.83. The zero-order chi connectivity index (χ0) is 32.6. The lowest BCUT2D eigenvalue weighted by atomic mass is 10.1. The average Bonchev–Trinajstić information content (AvgIpc) is 3.05. The number of rotatable bonds is 10. The van der Waals surface area contributed by atoms with Gasteiger partial charge in [-0.2, -0.15) is 26.3 Å². The topological polar surface area (TPSA) is 55.3 Å². The first kappa shape index (κ1) is 34.1. The van der Waals surface area contributed by atoms with Gasteiger partial charge in [-0.1, -0.05) is 84.2 Å². The quantitative estimate of drug-likeness (QED) is 0.225. The highest BCUT2D eigenvalue weighted by molar-refractivity contribution is 8.13. The molecule has 0 aromatic heterocycles. The lowest BCUT2D eigenvalue weighted by Gasteiger charge is -2.30. The fourth-order valence-electron chi connectivity index (χ4n) is 5.03. The van der Waals surface area contributed by atoms with Gasteiger partial charge in [-0.05, 0) is 47.2 Å². The van der Waals surface area contributed by atoms with Crippen LogP contribution in [0, 0.1) is 0 Å². The summed E-state index contributed by atoms with van der Waals surface area (Å²) in [5.41, 5.74) is 2.24. The van der Waals surface area contributed by atoms with E-state index in [-0.39, 0.29) is 0 Å². The smallest absolute Gasteiger partial charge is 0.338 e. The predicted octanol–water partition coefficient (Wildman–Crippen LogP) is 7.03. The monoisotopic (exact) mass is 680 g/mol. The molecule has 2 N–H and O–H groups in total. The van der Waals surface area contributed by atoms with Crippen LogP contribution in [-0.4, -0.2) is 59.9 Å². The molecule has 2 aliphatic rings. The van der Waals surface area contributed by atoms with E-state index in [4.69, 9.17) is 0 Å². The maximum Gasteiger partial charge on any atom is 0.416 e. The highest BCUT2D eigenvalue weighted by atomic mass is 32.2. The van der Waals surface area contributed by atoms with Gasteiger partial charge >= 0.3 is 12.4 Å². The molecule has 0 fully saturated rings. The van der Waals surface area contributed by atoms with Gasteiger partial charge in [-0.15, -0.1) is 0 Å². The van der Waals surface area contributed by atoms with Crippen molar-refractivity contribution in [3.63, 3.8) is 0 Å². The summed E-state index contributed by atoms with van der Waals surface area (Å²) in [5.74, 6) is 1.34. The normalized spacial score (nSPS) is 16.0. The summed E-state index contributed by atoms with van der Waals surface area (Å²) in [7, 11) is 0. The molecule has 6 nitrogen and oxygen atoms in total. The lowest BCUT2D eigenvalue weighted by molar-refractivity contribution is -0.138. The minimum atomic E-state index is -4.37. The van der Waals surface area contributed by atoms with Crippen molar-refractivity contribution in [3.05, 3.63) is 106 Å². The number of benzene rings is 3. The SMILES string of the molecule is FC(F)(F)c1cccc(CCN2CNCN=C2SCc2ccccc2CSC2=NCNCN2CCc2cccc(C(F)(F)F)c2)c1. The van der Waals surface area contributed by atoms with Crippen LogP contribution < -0.4 is 10.6 Å². The second kappa shape index (κ2) is 15.6. The van der Waals surface area contributed by atoms with Crippen LogP contribution >= 0.6 is 23.5 Å². The van der Waals surface area contributed by atoms with Crippen molar-refractivity contribution in [3.8, 4) is 0 Å². The van der Waals surface area contributed by atoms with Crippen molar-refractivity contribution in [1.82, 2.24) is 20.4 Å². The molecular weight excluding hydrogens is 647 g/mol. The summed E-state index contributed by atoms with van der Waals surface area (Å²) in [6.45, 7) is 3.14. The molecule has 0 saturated heterocycles. The maximum absolute atomic E-state index is 13.2. The Hall–Kier alpha value is -3.20. The standard InChI is InChI=1S/C32H34F6N6S2/c33-31(34,35)27-9-3-5-23(15-27)11-13-43-21-39-19-41-29(43)45-17-25-7-1-2-8-26(25)18-46-30-42-20-40-22-44(30)14-12-24-6-4-10-28(16-24)32(36,37)38/h1-10,15-16,39-40H,11-14,17-22H2. The summed E-state index contributed by atoms with van der Waals surface area (Å²) in [4.78, 5) is 13.4. The van der Waals surface area contributed by atoms with E-state index in [1.54, 1.807) is 35.7 Å². The number of nitrogens with zero attached hydrogens (tertiary/aromatic N) is 4. The van der Waals surface area contributed by atoms with Crippen molar-refractivity contribution < 1.29 is 26.3 Å². The predicted molar refractivity (Wildman–Crippen MR) is 173 cm³/mol. The van der Waals surface area contributed by atoms with Crippen LogP contribution in [0.2, 0.25) is 0 Å². The molecule has 246 valence electrons. The number of thioether (sulfide) groups is 2. The van der Waals surface area contributed by atoms with Gasteiger partial charge in [0.15, 0.2) is 10.3 Å². The lowest BCUT2D eigenvalue weighted by Crippen LogP contribution is -2.43. The highest BCUT2D eigenvalue weighted by Gasteiger charge is 2.31. The number of alkyl halides is 6. The van der Waals surface area contributed by atoms with Crippen LogP contribution in [0.3, 0.4) is 0 Å². The third-order valence-electron chi connectivity index (χ3n) is 7.48. The van der Waals surface area contributed by atoms with E-state index in [1.807, 2.05) is 12.1 Å². The van der Waals surface area contributed by atoms with Gasteiger partial charge in [0.05, 0.1) is 37.8 Å². The number of nitrogens with one attached hydrogen (secondary N) is 2. The van der Waals surface area contributed by atoms with Crippen LogP contribution in [0.15, 0.2) is 82.8 Å². The Bertz CT molecular complexity index is 1410. The van der Waals surface area contributed by atoms with Crippen molar-refractivity contribution in [1.29, 1.82) is 0 Å². The third kappa shape index (κ3) is 9.66. The molecule has 0 spiro atoms. The maximum atomic E-state index is 13.2. The number of halogens is 6. The third-order valence-corrected chi connectivity index (χ3v) is 9.68. The van der Waals surface area contributed by atoms with E-state index in [2.05, 4.69) is 42.6 Å². The Morgan fingerprint density at radius 1 is 0.609 bits per heavy atom. The molecule has 3 aromatic carbocycles. The molecular formula is C32H34F6N6S2. The minimum Gasteiger partial charge on any atom is -0.338 e. The molecule has 0 bridgehead atoms. The second-order valence-electron chi connectivity index (χ2n) is 10.8. The van der Waals surface area contributed by atoms with Gasteiger partial charge in [-0.25, -0.2) is 9.98 Å². The molecule has 3 aromatic rings. The largest absolute Gasteiger partial charge is 0.416 e. The molecule has 14 heteroatoms. The van der Waals surface area contributed by atoms with E-state index in [0.717, 1.165) is 33.6 Å². The zero-order valence-electron chi connectivity index (χ0n) is 24.9. The fraction of sp³-hybridized carbons (Fsp3) is 0.375. The Balaban J connectivity index is 1.16. The molecule has 0 amide bonds. The van der Waals surface area contributed by atoms with Crippen LogP contribution in [0.4, 0.5) is 26.3 Å². The first-order chi connectivity index (χ1) is 22.1. The van der Waals surface area contributed by atoms with E-state index < -0.39 is 23.5 Å². The van der Waals surface area contributed by atoms with Crippen LogP contribution in [0.25, 0.3) is 0 Å². The Kier molecular flexibility index (Phi) is 11.6. The Morgan fingerprint density at radius 2 is 1.04 bits per heavy atom. The van der Waals surface area contributed by atoms with Crippen molar-refractivity contribution in [2.75, 3.05) is 39.8 Å². The molecule has 0 unspecified atom stereocenters. The number of hydrogen-bond donors (Lipinski definition) is 2. The molecule has 0 saturated carbocycles.